The first-order chi connectivity index (χ1) is 6.45. The van der Waals surface area contributed by atoms with E-state index in [1.54, 1.807) is 0 Å². The van der Waals surface area contributed by atoms with Gasteiger partial charge in [0.25, 0.3) is 0 Å². The monoisotopic (exact) mass is 178 g/mol. The Morgan fingerprint density at radius 3 is 1.77 bits per heavy atom. The lowest BCUT2D eigenvalue weighted by Gasteiger charge is -2.11. The summed E-state index contributed by atoms with van der Waals surface area (Å²) in [6, 6.07) is 0. The van der Waals surface area contributed by atoms with Crippen LogP contribution in [0, 0.1) is 24.7 Å². The molecule has 0 aliphatic heterocycles. The van der Waals surface area contributed by atoms with E-state index in [2.05, 4.69) is 12.8 Å². The average Bonchev–Trinajstić information content (AvgIpc) is 2.75. The van der Waals surface area contributed by atoms with Gasteiger partial charge in [-0.05, 0) is 50.4 Å². The first kappa shape index (κ1) is 9.55. The Morgan fingerprint density at radius 2 is 1.38 bits per heavy atom. The zero-order chi connectivity index (χ0) is 8.93. The molecule has 0 amide bonds. The molecular formula is C13H22. The molecule has 2 atom stereocenters. The van der Waals surface area contributed by atoms with Crippen molar-refractivity contribution in [2.75, 3.05) is 0 Å². The highest BCUT2D eigenvalue weighted by Crippen LogP contribution is 2.32. The van der Waals surface area contributed by atoms with Crippen LogP contribution in [0.15, 0.2) is 0 Å². The minimum atomic E-state index is 1.06. The van der Waals surface area contributed by atoms with Gasteiger partial charge in [-0.1, -0.05) is 32.1 Å². The highest BCUT2D eigenvalue weighted by atomic mass is 14.2. The fourth-order valence-electron chi connectivity index (χ4n) is 2.87. The van der Waals surface area contributed by atoms with Crippen molar-refractivity contribution in [2.45, 2.75) is 57.8 Å². The van der Waals surface area contributed by atoms with Crippen LogP contribution >= 0.6 is 0 Å². The molecule has 0 aromatic rings. The first-order valence-electron chi connectivity index (χ1n) is 6.08. The SMILES string of the molecule is [CH]1CCC(CCCC2C[CH]CC2)C1. The Balaban J connectivity index is 1.52. The molecule has 2 unspecified atom stereocenters. The van der Waals surface area contributed by atoms with Crippen molar-refractivity contribution < 1.29 is 0 Å². The molecule has 0 N–H and O–H groups in total. The fourth-order valence-corrected chi connectivity index (χ4v) is 2.87. The minimum absolute atomic E-state index is 1.06. The molecule has 0 nitrogen and oxygen atoms in total. The summed E-state index contributed by atoms with van der Waals surface area (Å²) in [5.41, 5.74) is 0. The highest BCUT2D eigenvalue weighted by Gasteiger charge is 2.17. The Morgan fingerprint density at radius 1 is 0.846 bits per heavy atom. The maximum Gasteiger partial charge on any atom is -0.0383 e. The summed E-state index contributed by atoms with van der Waals surface area (Å²) in [5.74, 6) is 2.12. The van der Waals surface area contributed by atoms with E-state index in [-0.39, 0.29) is 0 Å². The first-order valence-corrected chi connectivity index (χ1v) is 6.08. The van der Waals surface area contributed by atoms with Gasteiger partial charge in [-0.3, -0.25) is 0 Å². The van der Waals surface area contributed by atoms with Crippen LogP contribution in [0.25, 0.3) is 0 Å². The molecule has 2 aliphatic rings. The van der Waals surface area contributed by atoms with Crippen molar-refractivity contribution >= 4 is 0 Å². The van der Waals surface area contributed by atoms with Gasteiger partial charge in [0, 0.05) is 0 Å². The number of hydrogen-bond acceptors (Lipinski definition) is 0. The van der Waals surface area contributed by atoms with Gasteiger partial charge in [0.1, 0.15) is 0 Å². The third kappa shape index (κ3) is 3.00. The van der Waals surface area contributed by atoms with Crippen LogP contribution in [0.3, 0.4) is 0 Å². The van der Waals surface area contributed by atoms with E-state index in [1.807, 2.05) is 0 Å². The van der Waals surface area contributed by atoms with Crippen LogP contribution in [0.2, 0.25) is 0 Å². The van der Waals surface area contributed by atoms with Gasteiger partial charge in [0.15, 0.2) is 0 Å². The number of hydrogen-bond donors (Lipinski definition) is 0. The molecule has 2 rings (SSSR count). The topological polar surface area (TPSA) is 0 Å². The summed E-state index contributed by atoms with van der Waals surface area (Å²) < 4.78 is 0. The summed E-state index contributed by atoms with van der Waals surface area (Å²) in [5, 5.41) is 0. The average molecular weight is 178 g/mol. The van der Waals surface area contributed by atoms with Crippen LogP contribution in [-0.2, 0) is 0 Å². The molecule has 2 saturated carbocycles. The molecule has 0 bridgehead atoms. The van der Waals surface area contributed by atoms with Crippen LogP contribution in [0.5, 0.6) is 0 Å². The maximum atomic E-state index is 2.48. The van der Waals surface area contributed by atoms with Crippen molar-refractivity contribution in [1.82, 2.24) is 0 Å². The summed E-state index contributed by atoms with van der Waals surface area (Å²) in [7, 11) is 0. The number of rotatable bonds is 4. The largest absolute Gasteiger partial charge is 0.0528 e. The molecule has 0 aromatic carbocycles. The van der Waals surface area contributed by atoms with E-state index >= 15 is 0 Å². The second kappa shape index (κ2) is 5.02. The Kier molecular flexibility index (Phi) is 3.69. The fraction of sp³-hybridized carbons (Fsp3) is 0.846. The standard InChI is InChI=1S/C13H22/c1-2-7-12(6-1)10-5-11-13-8-3-4-9-13/h1,3,12-13H,2,4-11H2. The van der Waals surface area contributed by atoms with Crippen molar-refractivity contribution in [3.63, 3.8) is 0 Å². The van der Waals surface area contributed by atoms with E-state index in [4.69, 9.17) is 0 Å². The lowest BCUT2D eigenvalue weighted by atomic mass is 9.95. The predicted molar refractivity (Wildman–Crippen MR) is 57.1 cm³/mol. The summed E-state index contributed by atoms with van der Waals surface area (Å²) >= 11 is 0. The van der Waals surface area contributed by atoms with E-state index in [9.17, 15) is 0 Å². The van der Waals surface area contributed by atoms with Crippen LogP contribution in [0.1, 0.15) is 57.8 Å². The molecule has 2 aliphatic carbocycles. The Bertz CT molecular complexity index is 111. The summed E-state index contributed by atoms with van der Waals surface area (Å²) in [4.78, 5) is 0. The van der Waals surface area contributed by atoms with Gasteiger partial charge in [0.2, 0.25) is 0 Å². The molecule has 2 fully saturated rings. The van der Waals surface area contributed by atoms with Gasteiger partial charge in [-0.15, -0.1) is 0 Å². The quantitative estimate of drug-likeness (QED) is 0.606. The van der Waals surface area contributed by atoms with Crippen molar-refractivity contribution in [3.8, 4) is 0 Å². The normalized spacial score (nSPS) is 25.8. The van der Waals surface area contributed by atoms with Crippen molar-refractivity contribution in [1.29, 1.82) is 0 Å². The van der Waals surface area contributed by atoms with Crippen LogP contribution < -0.4 is 0 Å². The maximum absolute atomic E-state index is 2.48. The predicted octanol–water partition coefficient (Wildman–Crippen LogP) is 4.17. The molecule has 0 saturated heterocycles. The van der Waals surface area contributed by atoms with Crippen LogP contribution in [-0.4, -0.2) is 0 Å². The van der Waals surface area contributed by atoms with E-state index in [1.165, 1.54) is 57.8 Å². The molecular weight excluding hydrogens is 156 g/mol. The molecule has 74 valence electrons. The van der Waals surface area contributed by atoms with Crippen molar-refractivity contribution in [2.24, 2.45) is 11.8 Å². The Labute approximate surface area is 83.1 Å². The molecule has 0 spiro atoms. The highest BCUT2D eigenvalue weighted by molar-refractivity contribution is 4.82. The zero-order valence-electron chi connectivity index (χ0n) is 8.67. The summed E-state index contributed by atoms with van der Waals surface area (Å²) in [6.07, 6.45) is 18.0. The van der Waals surface area contributed by atoms with Gasteiger partial charge in [0.05, 0.1) is 0 Å². The van der Waals surface area contributed by atoms with Gasteiger partial charge < -0.3 is 0 Å². The lowest BCUT2D eigenvalue weighted by molar-refractivity contribution is 0.421. The second-order valence-corrected chi connectivity index (χ2v) is 4.87. The minimum Gasteiger partial charge on any atom is -0.0528 e. The molecule has 13 heavy (non-hydrogen) atoms. The van der Waals surface area contributed by atoms with E-state index in [0.29, 0.717) is 0 Å². The molecule has 0 heterocycles. The zero-order valence-corrected chi connectivity index (χ0v) is 8.67. The van der Waals surface area contributed by atoms with Gasteiger partial charge in [-0.25, -0.2) is 0 Å². The van der Waals surface area contributed by atoms with Gasteiger partial charge in [-0.2, -0.15) is 0 Å². The van der Waals surface area contributed by atoms with Crippen molar-refractivity contribution in [3.05, 3.63) is 12.8 Å². The lowest BCUT2D eigenvalue weighted by Crippen LogP contribution is -1.97. The van der Waals surface area contributed by atoms with E-state index < -0.39 is 0 Å². The third-order valence-electron chi connectivity index (χ3n) is 3.78. The van der Waals surface area contributed by atoms with Crippen LogP contribution in [0.4, 0.5) is 0 Å². The third-order valence-corrected chi connectivity index (χ3v) is 3.78. The smallest absolute Gasteiger partial charge is 0.0383 e. The second-order valence-electron chi connectivity index (χ2n) is 4.87. The Hall–Kier alpha value is 0. The summed E-state index contributed by atoms with van der Waals surface area (Å²) in [6.45, 7) is 0. The molecule has 0 aromatic heterocycles. The van der Waals surface area contributed by atoms with Gasteiger partial charge >= 0.3 is 0 Å². The molecule has 2 radical (unpaired) electrons. The molecule has 0 heteroatoms. The van der Waals surface area contributed by atoms with E-state index in [0.717, 1.165) is 11.8 Å².